The molecule has 5 heteroatoms. The number of rotatable bonds is 2. The lowest BCUT2D eigenvalue weighted by Gasteiger charge is -2.07. The Bertz CT molecular complexity index is 319. The quantitative estimate of drug-likeness (QED) is 0.700. The van der Waals surface area contributed by atoms with Crippen LogP contribution in [0.3, 0.4) is 0 Å². The molecule has 0 bridgehead atoms. The Morgan fingerprint density at radius 3 is 2.69 bits per heavy atom. The summed E-state index contributed by atoms with van der Waals surface area (Å²) in [6, 6.07) is 4.84. The molecule has 0 aliphatic heterocycles. The van der Waals surface area contributed by atoms with Gasteiger partial charge in [0.1, 0.15) is 11.8 Å². The van der Waals surface area contributed by atoms with Crippen LogP contribution in [0.1, 0.15) is 12.1 Å². The average molecular weight is 188 g/mol. The van der Waals surface area contributed by atoms with E-state index in [0.29, 0.717) is 0 Å². The molecular weight excluding hydrogens is 181 g/mol. The number of alkyl halides is 3. The molecule has 0 N–H and O–H groups in total. The van der Waals surface area contributed by atoms with Gasteiger partial charge in [-0.05, 0) is 12.1 Å². The molecule has 0 saturated carbocycles. The SMILES string of the molecule is N#Cc1cccn1CCC(F)(F)F. The van der Waals surface area contributed by atoms with E-state index in [-0.39, 0.29) is 12.2 Å². The molecule has 0 amide bonds. The lowest BCUT2D eigenvalue weighted by Crippen LogP contribution is -2.12. The van der Waals surface area contributed by atoms with Crippen molar-refractivity contribution in [2.75, 3.05) is 0 Å². The number of nitriles is 1. The Hall–Kier alpha value is -1.44. The third-order valence-electron chi connectivity index (χ3n) is 1.58. The van der Waals surface area contributed by atoms with Gasteiger partial charge in [0.2, 0.25) is 0 Å². The first-order valence-electron chi connectivity index (χ1n) is 3.65. The molecule has 1 heterocycles. The van der Waals surface area contributed by atoms with E-state index in [1.165, 1.54) is 16.8 Å². The summed E-state index contributed by atoms with van der Waals surface area (Å²) in [5.74, 6) is 0. The van der Waals surface area contributed by atoms with Crippen molar-refractivity contribution in [2.45, 2.75) is 19.1 Å². The minimum absolute atomic E-state index is 0.195. The third kappa shape index (κ3) is 2.82. The maximum atomic E-state index is 11.8. The van der Waals surface area contributed by atoms with Gasteiger partial charge < -0.3 is 4.57 Å². The molecule has 0 aliphatic rings. The zero-order chi connectivity index (χ0) is 9.90. The molecule has 0 aliphatic carbocycles. The standard InChI is InChI=1S/C8H7F3N2/c9-8(10,11)3-5-13-4-1-2-7(13)6-12/h1-2,4H,3,5H2. The van der Waals surface area contributed by atoms with Gasteiger partial charge in [0.25, 0.3) is 0 Å². The van der Waals surface area contributed by atoms with Gasteiger partial charge in [0.05, 0.1) is 6.42 Å². The molecule has 70 valence electrons. The summed E-state index contributed by atoms with van der Waals surface area (Å²) >= 11 is 0. The smallest absolute Gasteiger partial charge is 0.339 e. The number of hydrogen-bond acceptors (Lipinski definition) is 1. The van der Waals surface area contributed by atoms with Gasteiger partial charge in [-0.2, -0.15) is 18.4 Å². The zero-order valence-electron chi connectivity index (χ0n) is 6.67. The van der Waals surface area contributed by atoms with Gasteiger partial charge in [0.15, 0.2) is 0 Å². The van der Waals surface area contributed by atoms with E-state index in [4.69, 9.17) is 5.26 Å². The van der Waals surface area contributed by atoms with E-state index >= 15 is 0 Å². The molecule has 0 radical (unpaired) electrons. The molecule has 0 fully saturated rings. The van der Waals surface area contributed by atoms with Crippen LogP contribution < -0.4 is 0 Å². The van der Waals surface area contributed by atoms with Crippen LogP contribution in [0.2, 0.25) is 0 Å². The van der Waals surface area contributed by atoms with Crippen molar-refractivity contribution in [2.24, 2.45) is 0 Å². The zero-order valence-corrected chi connectivity index (χ0v) is 6.67. The van der Waals surface area contributed by atoms with Crippen LogP contribution in [0.4, 0.5) is 13.2 Å². The van der Waals surface area contributed by atoms with Crippen molar-refractivity contribution in [1.82, 2.24) is 4.57 Å². The van der Waals surface area contributed by atoms with Gasteiger partial charge >= 0.3 is 6.18 Å². The highest BCUT2D eigenvalue weighted by atomic mass is 19.4. The minimum Gasteiger partial charge on any atom is -0.339 e. The fourth-order valence-corrected chi connectivity index (χ4v) is 0.958. The Kier molecular flexibility index (Phi) is 2.61. The second-order valence-corrected chi connectivity index (χ2v) is 2.56. The number of hydrogen-bond donors (Lipinski definition) is 0. The topological polar surface area (TPSA) is 28.7 Å². The van der Waals surface area contributed by atoms with Crippen molar-refractivity contribution in [3.05, 3.63) is 24.0 Å². The Labute approximate surface area is 73.2 Å². The molecule has 0 aromatic carbocycles. The number of halogens is 3. The Morgan fingerprint density at radius 1 is 1.46 bits per heavy atom. The Balaban J connectivity index is 2.61. The van der Waals surface area contributed by atoms with Crippen molar-refractivity contribution in [3.8, 4) is 6.07 Å². The van der Waals surface area contributed by atoms with Crippen LogP contribution in [0.5, 0.6) is 0 Å². The molecule has 13 heavy (non-hydrogen) atoms. The maximum absolute atomic E-state index is 11.8. The monoisotopic (exact) mass is 188 g/mol. The maximum Gasteiger partial charge on any atom is 0.390 e. The number of aryl methyl sites for hydroxylation is 1. The molecule has 0 unspecified atom stereocenters. The van der Waals surface area contributed by atoms with Crippen LogP contribution >= 0.6 is 0 Å². The molecule has 2 nitrogen and oxygen atoms in total. The second kappa shape index (κ2) is 3.52. The normalized spacial score (nSPS) is 11.2. The van der Waals surface area contributed by atoms with E-state index in [9.17, 15) is 13.2 Å². The molecule has 0 saturated heterocycles. The van der Waals surface area contributed by atoms with Crippen molar-refractivity contribution >= 4 is 0 Å². The van der Waals surface area contributed by atoms with Crippen LogP contribution in [0.25, 0.3) is 0 Å². The van der Waals surface area contributed by atoms with Gasteiger partial charge in [-0.1, -0.05) is 0 Å². The van der Waals surface area contributed by atoms with Crippen molar-refractivity contribution in [1.29, 1.82) is 5.26 Å². The van der Waals surface area contributed by atoms with Crippen molar-refractivity contribution < 1.29 is 13.2 Å². The lowest BCUT2D eigenvalue weighted by atomic mass is 10.4. The summed E-state index contributed by atoms with van der Waals surface area (Å²) in [7, 11) is 0. The summed E-state index contributed by atoms with van der Waals surface area (Å²) in [4.78, 5) is 0. The summed E-state index contributed by atoms with van der Waals surface area (Å²) in [6.07, 6.45) is -3.61. The largest absolute Gasteiger partial charge is 0.390 e. The van der Waals surface area contributed by atoms with E-state index in [2.05, 4.69) is 0 Å². The fraction of sp³-hybridized carbons (Fsp3) is 0.375. The number of aromatic nitrogens is 1. The fourth-order valence-electron chi connectivity index (χ4n) is 0.958. The molecule has 0 spiro atoms. The first-order valence-corrected chi connectivity index (χ1v) is 3.65. The van der Waals surface area contributed by atoms with E-state index < -0.39 is 12.6 Å². The second-order valence-electron chi connectivity index (χ2n) is 2.56. The van der Waals surface area contributed by atoms with Crippen LogP contribution in [-0.4, -0.2) is 10.7 Å². The molecule has 1 rings (SSSR count). The number of nitrogens with zero attached hydrogens (tertiary/aromatic N) is 2. The van der Waals surface area contributed by atoms with E-state index in [0.717, 1.165) is 0 Å². The van der Waals surface area contributed by atoms with Crippen LogP contribution in [0, 0.1) is 11.3 Å². The predicted molar refractivity (Wildman–Crippen MR) is 39.8 cm³/mol. The summed E-state index contributed by atoms with van der Waals surface area (Å²) in [5.41, 5.74) is 0.254. The predicted octanol–water partition coefficient (Wildman–Crippen LogP) is 2.31. The van der Waals surface area contributed by atoms with E-state index in [1.54, 1.807) is 6.07 Å². The highest BCUT2D eigenvalue weighted by Crippen LogP contribution is 2.20. The third-order valence-corrected chi connectivity index (χ3v) is 1.58. The first-order chi connectivity index (χ1) is 6.03. The van der Waals surface area contributed by atoms with Gasteiger partial charge in [-0.25, -0.2) is 0 Å². The molecule has 1 aromatic rings. The van der Waals surface area contributed by atoms with E-state index in [1.807, 2.05) is 6.07 Å². The first kappa shape index (κ1) is 9.65. The summed E-state index contributed by atoms with van der Waals surface area (Å²) in [6.45, 7) is -0.195. The van der Waals surface area contributed by atoms with Gasteiger partial charge in [0, 0.05) is 12.7 Å². The molecule has 1 aromatic heterocycles. The van der Waals surface area contributed by atoms with Crippen LogP contribution in [-0.2, 0) is 6.54 Å². The highest BCUT2D eigenvalue weighted by molar-refractivity contribution is 5.21. The van der Waals surface area contributed by atoms with Gasteiger partial charge in [-0.15, -0.1) is 0 Å². The molecule has 0 atom stereocenters. The highest BCUT2D eigenvalue weighted by Gasteiger charge is 2.26. The lowest BCUT2D eigenvalue weighted by molar-refractivity contribution is -0.136. The van der Waals surface area contributed by atoms with Gasteiger partial charge in [-0.3, -0.25) is 0 Å². The summed E-state index contributed by atoms with van der Waals surface area (Å²) < 4.78 is 36.6. The summed E-state index contributed by atoms with van der Waals surface area (Å²) in [5, 5.41) is 8.48. The average Bonchev–Trinajstić information content (AvgIpc) is 2.46. The molecular formula is C8H7F3N2. The minimum atomic E-state index is -4.17. The van der Waals surface area contributed by atoms with Crippen molar-refractivity contribution in [3.63, 3.8) is 0 Å². The Morgan fingerprint density at radius 2 is 2.15 bits per heavy atom. The van der Waals surface area contributed by atoms with Crippen LogP contribution in [0.15, 0.2) is 18.3 Å².